The molecule has 0 fully saturated rings. The van der Waals surface area contributed by atoms with Gasteiger partial charge in [-0.1, -0.05) is 0 Å². The van der Waals surface area contributed by atoms with Crippen molar-refractivity contribution in [2.75, 3.05) is 0 Å². The second-order valence-corrected chi connectivity index (χ2v) is 4.32. The van der Waals surface area contributed by atoms with E-state index in [9.17, 15) is 0 Å². The van der Waals surface area contributed by atoms with E-state index in [-0.39, 0.29) is 0 Å². The van der Waals surface area contributed by atoms with E-state index in [0.717, 1.165) is 5.69 Å². The van der Waals surface area contributed by atoms with Crippen molar-refractivity contribution in [1.29, 1.82) is 0 Å². The maximum absolute atomic E-state index is 4.18. The molecule has 1 aromatic heterocycles. The van der Waals surface area contributed by atoms with Crippen LogP contribution >= 0.6 is 0 Å². The standard InChI is InChI=1S/C8H8N3.W/c1-3-7-8(9-4-2)11-6-5-10-7;/h5-6H,1-2H3;/q-1;. The molecule has 1 rings (SSSR count). The van der Waals surface area contributed by atoms with Gasteiger partial charge in [-0.2, -0.15) is 0 Å². The van der Waals surface area contributed by atoms with E-state index in [1.807, 2.05) is 6.92 Å². The summed E-state index contributed by atoms with van der Waals surface area (Å²) in [5.74, 6) is 0.660. The Morgan fingerprint density at radius 3 is 2.75 bits per heavy atom. The fourth-order valence-electron chi connectivity index (χ4n) is 0.767. The molecule has 62 valence electrons. The second kappa shape index (κ2) is 4.36. The van der Waals surface area contributed by atoms with Crippen LogP contribution in [0.1, 0.15) is 19.5 Å². The summed E-state index contributed by atoms with van der Waals surface area (Å²) >= 11 is 1.39. The summed E-state index contributed by atoms with van der Waals surface area (Å²) in [6.45, 7) is 3.77. The molecule has 0 amide bonds. The molecular formula is C8H8N3W-. The number of nitrogens with zero attached hydrogens (tertiary/aromatic N) is 3. The van der Waals surface area contributed by atoms with Gasteiger partial charge in [0.25, 0.3) is 0 Å². The molecule has 1 aromatic rings. The van der Waals surface area contributed by atoms with Crippen molar-refractivity contribution in [1.82, 2.24) is 9.97 Å². The fourth-order valence-corrected chi connectivity index (χ4v) is 1.28. The van der Waals surface area contributed by atoms with Gasteiger partial charge < -0.3 is 0 Å². The van der Waals surface area contributed by atoms with E-state index in [2.05, 4.69) is 21.2 Å². The van der Waals surface area contributed by atoms with E-state index in [0.29, 0.717) is 5.82 Å². The Kier molecular flexibility index (Phi) is 3.42. The second-order valence-electron chi connectivity index (χ2n) is 2.12. The van der Waals surface area contributed by atoms with Crippen molar-refractivity contribution in [2.24, 2.45) is 4.99 Å². The van der Waals surface area contributed by atoms with E-state index < -0.39 is 0 Å². The predicted molar refractivity (Wildman–Crippen MR) is 44.6 cm³/mol. The first-order valence-corrected chi connectivity index (χ1v) is 4.91. The minimum absolute atomic E-state index is 0.660. The Bertz CT molecular complexity index is 320. The summed E-state index contributed by atoms with van der Waals surface area (Å²) in [5, 5.41) is 0. The molecule has 0 aliphatic heterocycles. The Morgan fingerprint density at radius 2 is 2.17 bits per heavy atom. The van der Waals surface area contributed by atoms with Gasteiger partial charge in [-0.25, -0.2) is 0 Å². The van der Waals surface area contributed by atoms with Gasteiger partial charge in [0.05, 0.1) is 0 Å². The SMILES string of the molecule is C[C-]=Nc1nccnc1[C](C)=[W]. The van der Waals surface area contributed by atoms with Gasteiger partial charge in [-0.05, 0) is 0 Å². The van der Waals surface area contributed by atoms with Crippen molar-refractivity contribution in [3.05, 3.63) is 18.1 Å². The number of hydrogen-bond acceptors (Lipinski definition) is 3. The zero-order valence-corrected chi connectivity index (χ0v) is 9.84. The summed E-state index contributed by atoms with van der Waals surface area (Å²) in [7, 11) is 0. The molecule has 4 heteroatoms. The maximum atomic E-state index is 4.18. The van der Waals surface area contributed by atoms with E-state index >= 15 is 0 Å². The normalized spacial score (nSPS) is 10.5. The molecular weight excluding hydrogens is 322 g/mol. The van der Waals surface area contributed by atoms with Crippen LogP contribution in [0.5, 0.6) is 0 Å². The zero-order chi connectivity index (χ0) is 8.97. The Balaban J connectivity index is 3.17. The van der Waals surface area contributed by atoms with Crippen molar-refractivity contribution in [3.8, 4) is 0 Å². The van der Waals surface area contributed by atoms with Crippen LogP contribution in [0.3, 0.4) is 0 Å². The Morgan fingerprint density at radius 1 is 1.50 bits per heavy atom. The Hall–Kier alpha value is -0.692. The molecule has 0 N–H and O–H groups in total. The van der Waals surface area contributed by atoms with E-state index in [4.69, 9.17) is 0 Å². The summed E-state index contributed by atoms with van der Waals surface area (Å²) in [4.78, 5) is 12.3. The van der Waals surface area contributed by atoms with Gasteiger partial charge >= 0.3 is 82.2 Å². The first-order chi connectivity index (χ1) is 5.75. The quantitative estimate of drug-likeness (QED) is 0.603. The van der Waals surface area contributed by atoms with Crippen LogP contribution in [0.2, 0.25) is 0 Å². The molecule has 12 heavy (non-hydrogen) atoms. The molecule has 0 unspecified atom stereocenters. The average Bonchev–Trinajstić information content (AvgIpc) is 2.05. The van der Waals surface area contributed by atoms with Crippen LogP contribution in [0, 0.1) is 0 Å². The van der Waals surface area contributed by atoms with Gasteiger partial charge in [0, 0.05) is 0 Å². The molecule has 0 atom stereocenters. The molecule has 0 radical (unpaired) electrons. The first-order valence-electron chi connectivity index (χ1n) is 3.45. The van der Waals surface area contributed by atoms with Crippen molar-refractivity contribution < 1.29 is 19.4 Å². The van der Waals surface area contributed by atoms with Crippen LogP contribution in [0.4, 0.5) is 5.82 Å². The number of aliphatic imine (C=N–C) groups is 1. The molecule has 0 aliphatic rings. The van der Waals surface area contributed by atoms with Crippen LogP contribution in [0.25, 0.3) is 0 Å². The van der Waals surface area contributed by atoms with Crippen LogP contribution in [-0.4, -0.2) is 20.1 Å². The van der Waals surface area contributed by atoms with Gasteiger partial charge in [-0.3, -0.25) is 0 Å². The summed E-state index contributed by atoms with van der Waals surface area (Å²) in [6.07, 6.45) is 6.01. The molecule has 0 bridgehead atoms. The average molecular weight is 330 g/mol. The zero-order valence-electron chi connectivity index (χ0n) is 6.90. The van der Waals surface area contributed by atoms with Crippen LogP contribution < -0.4 is 0 Å². The summed E-state index contributed by atoms with van der Waals surface area (Å²) < 4.78 is 1.19. The summed E-state index contributed by atoms with van der Waals surface area (Å²) in [5.41, 5.74) is 0.877. The van der Waals surface area contributed by atoms with E-state index in [1.165, 1.54) is 23.3 Å². The number of aromatic nitrogens is 2. The minimum atomic E-state index is 0.660. The third-order valence-corrected chi connectivity index (χ3v) is 1.92. The van der Waals surface area contributed by atoms with Gasteiger partial charge in [0.2, 0.25) is 0 Å². The first kappa shape index (κ1) is 9.40. The molecule has 0 saturated heterocycles. The molecule has 0 aliphatic carbocycles. The molecule has 3 nitrogen and oxygen atoms in total. The third-order valence-electron chi connectivity index (χ3n) is 1.23. The van der Waals surface area contributed by atoms with E-state index in [1.54, 1.807) is 19.3 Å². The molecule has 0 saturated carbocycles. The van der Waals surface area contributed by atoms with Crippen molar-refractivity contribution in [3.63, 3.8) is 0 Å². The third kappa shape index (κ3) is 2.14. The Labute approximate surface area is 82.4 Å². The fraction of sp³-hybridized carbons (Fsp3) is 0.250. The molecule has 0 aromatic carbocycles. The number of rotatable bonds is 2. The van der Waals surface area contributed by atoms with Gasteiger partial charge in [0.1, 0.15) is 0 Å². The summed E-state index contributed by atoms with van der Waals surface area (Å²) in [6, 6.07) is 0. The van der Waals surface area contributed by atoms with Crippen LogP contribution in [0.15, 0.2) is 17.4 Å². The van der Waals surface area contributed by atoms with Gasteiger partial charge in [0.15, 0.2) is 0 Å². The predicted octanol–water partition coefficient (Wildman–Crippen LogP) is 1.16. The molecule has 1 heterocycles. The van der Waals surface area contributed by atoms with Crippen molar-refractivity contribution >= 4 is 15.9 Å². The van der Waals surface area contributed by atoms with Gasteiger partial charge in [-0.15, -0.1) is 0 Å². The molecule has 0 spiro atoms. The topological polar surface area (TPSA) is 38.1 Å². The van der Waals surface area contributed by atoms with Crippen molar-refractivity contribution in [2.45, 2.75) is 13.8 Å². The number of hydrogen-bond donors (Lipinski definition) is 0. The van der Waals surface area contributed by atoms with Crippen LogP contribution in [-0.2, 0) is 19.4 Å². The monoisotopic (exact) mass is 330 g/mol.